The second kappa shape index (κ2) is 10.5. The van der Waals surface area contributed by atoms with E-state index in [0.717, 1.165) is 49.7 Å². The minimum Gasteiger partial charge on any atom is -0.378 e. The molecule has 4 aromatic rings. The molecular weight excluding hydrogens is 506 g/mol. The van der Waals surface area contributed by atoms with E-state index in [9.17, 15) is 4.79 Å². The SMILES string of the molecule is Cn1cc(Nc2nccc(-c3ccc4c(c3)CN(C3COC3)CCC4CC(=O)c3cn(C(C)(C)C)nn3)n2)cn1. The molecule has 11 nitrogen and oxygen atoms in total. The van der Waals surface area contributed by atoms with Crippen molar-refractivity contribution < 1.29 is 9.53 Å². The molecule has 1 atom stereocenters. The van der Waals surface area contributed by atoms with E-state index in [2.05, 4.69) is 48.8 Å². The zero-order valence-corrected chi connectivity index (χ0v) is 23.4. The van der Waals surface area contributed by atoms with Crippen molar-refractivity contribution in [2.45, 2.75) is 57.7 Å². The number of fused-ring (bicyclic) bond motifs is 1. The molecule has 11 heteroatoms. The Kier molecular flexibility index (Phi) is 6.93. The Morgan fingerprint density at radius 1 is 1.18 bits per heavy atom. The highest BCUT2D eigenvalue weighted by molar-refractivity contribution is 5.94. The van der Waals surface area contributed by atoms with Gasteiger partial charge in [-0.25, -0.2) is 14.6 Å². The van der Waals surface area contributed by atoms with Gasteiger partial charge in [-0.3, -0.25) is 14.4 Å². The van der Waals surface area contributed by atoms with Crippen molar-refractivity contribution in [1.82, 2.24) is 39.6 Å². The first-order chi connectivity index (χ1) is 19.2. The third kappa shape index (κ3) is 5.52. The van der Waals surface area contributed by atoms with Gasteiger partial charge in [-0.2, -0.15) is 5.10 Å². The van der Waals surface area contributed by atoms with Crippen LogP contribution in [-0.4, -0.2) is 71.2 Å². The lowest BCUT2D eigenvalue weighted by Gasteiger charge is -2.36. The van der Waals surface area contributed by atoms with Crippen LogP contribution in [0.2, 0.25) is 0 Å². The van der Waals surface area contributed by atoms with Crippen LogP contribution in [-0.2, 0) is 23.9 Å². The van der Waals surface area contributed by atoms with Crippen molar-refractivity contribution in [2.24, 2.45) is 7.05 Å². The summed E-state index contributed by atoms with van der Waals surface area (Å²) in [6.45, 7) is 9.37. The van der Waals surface area contributed by atoms with Gasteiger partial charge >= 0.3 is 0 Å². The Hall–Kier alpha value is -3.96. The Labute approximate surface area is 233 Å². The number of aromatic nitrogens is 7. The maximum absolute atomic E-state index is 13.4. The number of nitrogens with zero attached hydrogens (tertiary/aromatic N) is 8. The lowest BCUT2D eigenvalue weighted by Crippen LogP contribution is -2.48. The molecule has 6 rings (SSSR count). The van der Waals surface area contributed by atoms with E-state index in [1.54, 1.807) is 28.0 Å². The van der Waals surface area contributed by atoms with Crippen LogP contribution in [0.25, 0.3) is 11.3 Å². The summed E-state index contributed by atoms with van der Waals surface area (Å²) >= 11 is 0. The van der Waals surface area contributed by atoms with Gasteiger partial charge in [-0.1, -0.05) is 17.3 Å². The maximum Gasteiger partial charge on any atom is 0.227 e. The molecule has 0 spiro atoms. The van der Waals surface area contributed by atoms with Crippen LogP contribution in [0.4, 0.5) is 11.6 Å². The molecule has 0 amide bonds. The van der Waals surface area contributed by atoms with Crippen LogP contribution in [0.15, 0.2) is 49.1 Å². The Morgan fingerprint density at radius 2 is 2.02 bits per heavy atom. The molecule has 1 fully saturated rings. The molecule has 0 radical (unpaired) electrons. The predicted molar refractivity (Wildman–Crippen MR) is 150 cm³/mol. The number of hydrogen-bond acceptors (Lipinski definition) is 9. The van der Waals surface area contributed by atoms with Crippen LogP contribution >= 0.6 is 0 Å². The normalized spacial score (nSPS) is 18.1. The summed E-state index contributed by atoms with van der Waals surface area (Å²) in [5.74, 6) is 0.633. The van der Waals surface area contributed by atoms with Crippen molar-refractivity contribution in [3.63, 3.8) is 0 Å². The molecule has 1 saturated heterocycles. The lowest BCUT2D eigenvalue weighted by atomic mass is 9.87. The van der Waals surface area contributed by atoms with E-state index in [-0.39, 0.29) is 17.2 Å². The highest BCUT2D eigenvalue weighted by Crippen LogP contribution is 2.36. The van der Waals surface area contributed by atoms with Crippen molar-refractivity contribution in [1.29, 1.82) is 0 Å². The van der Waals surface area contributed by atoms with Gasteiger partial charge in [0.15, 0.2) is 5.78 Å². The van der Waals surface area contributed by atoms with Gasteiger partial charge in [0.05, 0.1) is 48.6 Å². The number of benzene rings is 1. The minimum absolute atomic E-state index is 0.0258. The molecule has 1 N–H and O–H groups in total. The molecule has 0 saturated carbocycles. The summed E-state index contributed by atoms with van der Waals surface area (Å²) in [5, 5.41) is 15.8. The van der Waals surface area contributed by atoms with Gasteiger partial charge in [0.25, 0.3) is 0 Å². The summed E-state index contributed by atoms with van der Waals surface area (Å²) in [6, 6.07) is 8.82. The van der Waals surface area contributed by atoms with E-state index in [4.69, 9.17) is 9.72 Å². The molecule has 40 heavy (non-hydrogen) atoms. The molecule has 3 aromatic heterocycles. The van der Waals surface area contributed by atoms with Crippen LogP contribution in [0.3, 0.4) is 0 Å². The van der Waals surface area contributed by atoms with Gasteiger partial charge in [0.2, 0.25) is 5.95 Å². The van der Waals surface area contributed by atoms with Gasteiger partial charge in [-0.05, 0) is 62.9 Å². The first-order valence-corrected chi connectivity index (χ1v) is 13.7. The quantitative estimate of drug-likeness (QED) is 0.348. The molecule has 0 aliphatic carbocycles. The van der Waals surface area contributed by atoms with Crippen molar-refractivity contribution in [3.8, 4) is 11.3 Å². The van der Waals surface area contributed by atoms with Crippen molar-refractivity contribution in [3.05, 3.63) is 65.9 Å². The monoisotopic (exact) mass is 541 g/mol. The summed E-state index contributed by atoms with van der Waals surface area (Å²) in [6.07, 6.45) is 8.44. The van der Waals surface area contributed by atoms with Gasteiger partial charge in [-0.15, -0.1) is 5.10 Å². The molecule has 0 bridgehead atoms. The molecule has 1 aromatic carbocycles. The van der Waals surface area contributed by atoms with Gasteiger partial charge in [0.1, 0.15) is 5.69 Å². The average Bonchev–Trinajstić information content (AvgIpc) is 3.51. The number of ketones is 1. The Balaban J connectivity index is 1.28. The highest BCUT2D eigenvalue weighted by atomic mass is 16.5. The van der Waals surface area contributed by atoms with Crippen molar-refractivity contribution >= 4 is 17.4 Å². The molecule has 2 aliphatic rings. The third-order valence-electron chi connectivity index (χ3n) is 7.67. The van der Waals surface area contributed by atoms with E-state index < -0.39 is 0 Å². The lowest BCUT2D eigenvalue weighted by molar-refractivity contribution is -0.0677. The van der Waals surface area contributed by atoms with Gasteiger partial charge < -0.3 is 10.1 Å². The van der Waals surface area contributed by atoms with E-state index in [0.29, 0.717) is 24.1 Å². The van der Waals surface area contributed by atoms with E-state index >= 15 is 0 Å². The Morgan fingerprint density at radius 3 is 2.73 bits per heavy atom. The standard InChI is InChI=1S/C29H35N9O2/c1-29(2,3)38-16-26(34-35-38)27(39)12-19-8-10-37(23-17-40-18-23)14-21-11-20(5-6-24(19)21)25-7-9-30-28(33-25)32-22-13-31-36(4)15-22/h5-7,9,11,13,15-16,19,23H,8,10,12,14,17-18H2,1-4H3,(H,30,32,33). The van der Waals surface area contributed by atoms with Gasteiger partial charge in [0, 0.05) is 38.0 Å². The number of rotatable bonds is 7. The van der Waals surface area contributed by atoms with Crippen molar-refractivity contribution in [2.75, 3.05) is 25.1 Å². The summed E-state index contributed by atoms with van der Waals surface area (Å²) in [7, 11) is 1.87. The first kappa shape index (κ1) is 26.3. The molecule has 1 unspecified atom stereocenters. The number of nitrogens with one attached hydrogen (secondary N) is 1. The first-order valence-electron chi connectivity index (χ1n) is 13.7. The molecule has 208 valence electrons. The van der Waals surface area contributed by atoms with Crippen LogP contribution < -0.4 is 5.32 Å². The van der Waals surface area contributed by atoms with Crippen LogP contribution in [0, 0.1) is 0 Å². The fraction of sp³-hybridized carbons (Fsp3) is 0.448. The predicted octanol–water partition coefficient (Wildman–Crippen LogP) is 3.93. The number of Topliss-reactive ketones (excluding diaryl/α,β-unsaturated/α-hetero) is 1. The fourth-order valence-corrected chi connectivity index (χ4v) is 5.28. The van der Waals surface area contributed by atoms with E-state index in [1.165, 1.54) is 11.1 Å². The maximum atomic E-state index is 13.4. The third-order valence-corrected chi connectivity index (χ3v) is 7.67. The number of anilines is 2. The molecular formula is C29H35N9O2. The molecule has 2 aliphatic heterocycles. The largest absolute Gasteiger partial charge is 0.378 e. The summed E-state index contributed by atoms with van der Waals surface area (Å²) < 4.78 is 8.99. The minimum atomic E-state index is -0.226. The number of carbonyl (C=O) groups is 1. The smallest absolute Gasteiger partial charge is 0.227 e. The molecule has 5 heterocycles. The van der Waals surface area contributed by atoms with E-state index in [1.807, 2.05) is 40.1 Å². The number of aryl methyl sites for hydroxylation is 1. The number of carbonyl (C=O) groups excluding carboxylic acids is 1. The fourth-order valence-electron chi connectivity index (χ4n) is 5.28. The van der Waals surface area contributed by atoms with Crippen LogP contribution in [0.5, 0.6) is 0 Å². The second-order valence-electron chi connectivity index (χ2n) is 11.7. The second-order valence-corrected chi connectivity index (χ2v) is 11.7. The van der Waals surface area contributed by atoms with Crippen LogP contribution in [0.1, 0.15) is 61.1 Å². The summed E-state index contributed by atoms with van der Waals surface area (Å²) in [4.78, 5) is 25.0. The number of ether oxygens (including phenoxy) is 1. The average molecular weight is 542 g/mol. The highest BCUT2D eigenvalue weighted by Gasteiger charge is 2.32. The zero-order valence-electron chi connectivity index (χ0n) is 23.4. The topological polar surface area (TPSA) is 116 Å². The summed E-state index contributed by atoms with van der Waals surface area (Å²) in [5.41, 5.74) is 5.31. The Bertz CT molecular complexity index is 1520. The number of hydrogen-bond donors (Lipinski definition) is 1. The zero-order chi connectivity index (χ0) is 27.9.